The summed E-state index contributed by atoms with van der Waals surface area (Å²) < 4.78 is 0. The standard InChI is InChI=1S/C9H17NO/c1-4-5-6-7-8(2)10-9(3)11/h6-8H,4-5H2,1-3H3,(H,10,11)/b7-6+. The van der Waals surface area contributed by atoms with Gasteiger partial charge in [0.25, 0.3) is 0 Å². The van der Waals surface area contributed by atoms with E-state index in [2.05, 4.69) is 18.3 Å². The summed E-state index contributed by atoms with van der Waals surface area (Å²) >= 11 is 0. The second-order valence-corrected chi connectivity index (χ2v) is 2.71. The van der Waals surface area contributed by atoms with Crippen LogP contribution in [0.15, 0.2) is 12.2 Å². The Morgan fingerprint density at radius 3 is 2.73 bits per heavy atom. The Balaban J connectivity index is 3.50. The van der Waals surface area contributed by atoms with Gasteiger partial charge in [-0.25, -0.2) is 0 Å². The summed E-state index contributed by atoms with van der Waals surface area (Å²) in [6, 6.07) is 0.166. The highest BCUT2D eigenvalue weighted by Gasteiger charge is 1.95. The Morgan fingerprint density at radius 1 is 1.64 bits per heavy atom. The second-order valence-electron chi connectivity index (χ2n) is 2.71. The van der Waals surface area contributed by atoms with Crippen LogP contribution in [-0.2, 0) is 4.79 Å². The van der Waals surface area contributed by atoms with E-state index < -0.39 is 0 Å². The van der Waals surface area contributed by atoms with Gasteiger partial charge in [-0.3, -0.25) is 4.79 Å². The Hall–Kier alpha value is -0.790. The number of carbonyl (C=O) groups is 1. The van der Waals surface area contributed by atoms with Crippen LogP contribution in [0.5, 0.6) is 0 Å². The molecule has 0 rings (SSSR count). The lowest BCUT2D eigenvalue weighted by atomic mass is 10.2. The van der Waals surface area contributed by atoms with E-state index in [4.69, 9.17) is 0 Å². The lowest BCUT2D eigenvalue weighted by Crippen LogP contribution is -2.28. The molecule has 64 valence electrons. The Kier molecular flexibility index (Phi) is 5.53. The lowest BCUT2D eigenvalue weighted by molar-refractivity contribution is -0.119. The Morgan fingerprint density at radius 2 is 2.27 bits per heavy atom. The Bertz CT molecular complexity index is 140. The minimum atomic E-state index is 0.0265. The average molecular weight is 155 g/mol. The van der Waals surface area contributed by atoms with Crippen LogP contribution in [0.2, 0.25) is 0 Å². The maximum absolute atomic E-state index is 10.5. The van der Waals surface area contributed by atoms with Crippen molar-refractivity contribution in [3.8, 4) is 0 Å². The zero-order valence-electron chi connectivity index (χ0n) is 7.55. The van der Waals surface area contributed by atoms with Crippen molar-refractivity contribution in [1.29, 1.82) is 0 Å². The molecule has 0 aromatic carbocycles. The summed E-state index contributed by atoms with van der Waals surface area (Å²) in [5, 5.41) is 2.78. The summed E-state index contributed by atoms with van der Waals surface area (Å²) in [4.78, 5) is 10.5. The van der Waals surface area contributed by atoms with Gasteiger partial charge in [-0.2, -0.15) is 0 Å². The first-order valence-corrected chi connectivity index (χ1v) is 4.10. The van der Waals surface area contributed by atoms with Gasteiger partial charge < -0.3 is 5.32 Å². The third kappa shape index (κ3) is 7.10. The van der Waals surface area contributed by atoms with Crippen molar-refractivity contribution in [2.24, 2.45) is 0 Å². The van der Waals surface area contributed by atoms with Gasteiger partial charge in [0.2, 0.25) is 5.91 Å². The minimum Gasteiger partial charge on any atom is -0.350 e. The molecule has 0 radical (unpaired) electrons. The third-order valence-corrected chi connectivity index (χ3v) is 1.31. The molecule has 2 nitrogen and oxygen atoms in total. The molecule has 11 heavy (non-hydrogen) atoms. The van der Waals surface area contributed by atoms with Gasteiger partial charge in [0.15, 0.2) is 0 Å². The molecule has 1 amide bonds. The first-order valence-electron chi connectivity index (χ1n) is 4.10. The smallest absolute Gasteiger partial charge is 0.217 e. The van der Waals surface area contributed by atoms with Gasteiger partial charge in [-0.15, -0.1) is 0 Å². The van der Waals surface area contributed by atoms with Crippen LogP contribution in [0.1, 0.15) is 33.6 Å². The largest absolute Gasteiger partial charge is 0.350 e. The van der Waals surface area contributed by atoms with Crippen molar-refractivity contribution < 1.29 is 4.79 Å². The predicted octanol–water partition coefficient (Wildman–Crippen LogP) is 1.87. The highest BCUT2D eigenvalue weighted by atomic mass is 16.1. The maximum atomic E-state index is 10.5. The molecule has 0 aliphatic carbocycles. The zero-order valence-corrected chi connectivity index (χ0v) is 7.55. The summed E-state index contributed by atoms with van der Waals surface area (Å²) in [6.45, 7) is 5.63. The van der Waals surface area contributed by atoms with Crippen LogP contribution in [0.3, 0.4) is 0 Å². The molecule has 0 heterocycles. The van der Waals surface area contributed by atoms with Gasteiger partial charge in [-0.05, 0) is 13.3 Å². The highest BCUT2D eigenvalue weighted by molar-refractivity contribution is 5.73. The van der Waals surface area contributed by atoms with E-state index in [1.807, 2.05) is 13.0 Å². The zero-order chi connectivity index (χ0) is 8.69. The van der Waals surface area contributed by atoms with Gasteiger partial charge in [-0.1, -0.05) is 25.5 Å². The quantitative estimate of drug-likeness (QED) is 0.617. The van der Waals surface area contributed by atoms with E-state index >= 15 is 0 Å². The fourth-order valence-electron chi connectivity index (χ4n) is 0.836. The molecule has 1 atom stereocenters. The van der Waals surface area contributed by atoms with Crippen molar-refractivity contribution >= 4 is 5.91 Å². The fraction of sp³-hybridized carbons (Fsp3) is 0.667. The van der Waals surface area contributed by atoms with Crippen LogP contribution in [0.4, 0.5) is 0 Å². The molecule has 0 aliphatic heterocycles. The second kappa shape index (κ2) is 5.96. The minimum absolute atomic E-state index is 0.0265. The number of hydrogen-bond acceptors (Lipinski definition) is 1. The number of hydrogen-bond donors (Lipinski definition) is 1. The molecule has 0 aromatic rings. The van der Waals surface area contributed by atoms with E-state index in [-0.39, 0.29) is 11.9 Å². The molecule has 0 aliphatic rings. The average Bonchev–Trinajstić information content (AvgIpc) is 1.86. The first-order chi connectivity index (χ1) is 5.16. The monoisotopic (exact) mass is 155 g/mol. The molecule has 1 N–H and O–H groups in total. The maximum Gasteiger partial charge on any atom is 0.217 e. The molecular formula is C9H17NO. The van der Waals surface area contributed by atoms with Gasteiger partial charge in [0, 0.05) is 13.0 Å². The molecule has 0 aromatic heterocycles. The van der Waals surface area contributed by atoms with E-state index in [1.54, 1.807) is 0 Å². The van der Waals surface area contributed by atoms with Gasteiger partial charge >= 0.3 is 0 Å². The normalized spacial score (nSPS) is 13.4. The van der Waals surface area contributed by atoms with Gasteiger partial charge in [0.1, 0.15) is 0 Å². The van der Waals surface area contributed by atoms with E-state index in [0.717, 1.165) is 12.8 Å². The van der Waals surface area contributed by atoms with Crippen LogP contribution in [0.25, 0.3) is 0 Å². The molecule has 0 bridgehead atoms. The van der Waals surface area contributed by atoms with Crippen LogP contribution in [0, 0.1) is 0 Å². The van der Waals surface area contributed by atoms with Crippen LogP contribution < -0.4 is 5.32 Å². The van der Waals surface area contributed by atoms with Crippen molar-refractivity contribution in [2.45, 2.75) is 39.7 Å². The molecule has 0 saturated heterocycles. The summed E-state index contributed by atoms with van der Waals surface area (Å²) in [6.07, 6.45) is 6.36. The molecule has 0 saturated carbocycles. The van der Waals surface area contributed by atoms with E-state index in [9.17, 15) is 4.79 Å². The topological polar surface area (TPSA) is 29.1 Å². The molecule has 0 spiro atoms. The number of carbonyl (C=O) groups excluding carboxylic acids is 1. The van der Waals surface area contributed by atoms with Crippen molar-refractivity contribution in [3.63, 3.8) is 0 Å². The van der Waals surface area contributed by atoms with Gasteiger partial charge in [0.05, 0.1) is 0 Å². The molecule has 2 heteroatoms. The lowest BCUT2D eigenvalue weighted by Gasteiger charge is -2.05. The SMILES string of the molecule is CCC/C=C/C(C)NC(C)=O. The van der Waals surface area contributed by atoms with Crippen LogP contribution in [-0.4, -0.2) is 11.9 Å². The van der Waals surface area contributed by atoms with Crippen molar-refractivity contribution in [3.05, 3.63) is 12.2 Å². The molecule has 0 fully saturated rings. The predicted molar refractivity (Wildman–Crippen MR) is 47.3 cm³/mol. The Labute approximate surface area is 68.7 Å². The number of unbranched alkanes of at least 4 members (excludes halogenated alkanes) is 1. The van der Waals surface area contributed by atoms with E-state index in [1.165, 1.54) is 6.92 Å². The van der Waals surface area contributed by atoms with Crippen molar-refractivity contribution in [2.75, 3.05) is 0 Å². The highest BCUT2D eigenvalue weighted by Crippen LogP contribution is 1.91. The first kappa shape index (κ1) is 10.2. The number of amides is 1. The molecular weight excluding hydrogens is 138 g/mol. The number of rotatable bonds is 4. The fourth-order valence-corrected chi connectivity index (χ4v) is 0.836. The third-order valence-electron chi connectivity index (χ3n) is 1.31. The summed E-state index contributed by atoms with van der Waals surface area (Å²) in [5.74, 6) is 0.0265. The number of allylic oxidation sites excluding steroid dienone is 1. The van der Waals surface area contributed by atoms with E-state index in [0.29, 0.717) is 0 Å². The van der Waals surface area contributed by atoms with Crippen molar-refractivity contribution in [1.82, 2.24) is 5.32 Å². The summed E-state index contributed by atoms with van der Waals surface area (Å²) in [7, 11) is 0. The molecule has 1 unspecified atom stereocenters. The van der Waals surface area contributed by atoms with Crippen LogP contribution >= 0.6 is 0 Å². The summed E-state index contributed by atoms with van der Waals surface area (Å²) in [5.41, 5.74) is 0. The number of nitrogens with one attached hydrogen (secondary N) is 1.